The van der Waals surface area contributed by atoms with Crippen LogP contribution in [0, 0.1) is 29.1 Å². The lowest BCUT2D eigenvalue weighted by Crippen LogP contribution is -2.37. The highest BCUT2D eigenvalue weighted by atomic mass is 35.5. The number of imidazole rings is 2. The van der Waals surface area contributed by atoms with Crippen molar-refractivity contribution in [2.75, 3.05) is 13.1 Å². The molecule has 5 aromatic rings. The van der Waals surface area contributed by atoms with E-state index >= 15 is 0 Å². The summed E-state index contributed by atoms with van der Waals surface area (Å²) in [4.78, 5) is 47.8. The molecule has 1 aliphatic carbocycles. The molecule has 266 valence electrons. The number of benzene rings is 3. The molecule has 3 aliphatic rings. The first kappa shape index (κ1) is 34.2. The number of amides is 2. The summed E-state index contributed by atoms with van der Waals surface area (Å²) < 4.78 is 0. The van der Waals surface area contributed by atoms with Gasteiger partial charge in [0.25, 0.3) is 0 Å². The number of aromatic nitrogens is 4. The highest BCUT2D eigenvalue weighted by molar-refractivity contribution is 6.30. The van der Waals surface area contributed by atoms with Gasteiger partial charge in [0.2, 0.25) is 11.8 Å². The van der Waals surface area contributed by atoms with E-state index in [1.54, 1.807) is 0 Å². The van der Waals surface area contributed by atoms with Crippen LogP contribution in [0.2, 0.25) is 5.02 Å². The number of aromatic amines is 2. The van der Waals surface area contributed by atoms with Gasteiger partial charge in [-0.1, -0.05) is 68.5 Å². The Morgan fingerprint density at radius 2 is 1.65 bits per heavy atom. The Morgan fingerprint density at radius 3 is 2.40 bits per heavy atom. The molecule has 4 atom stereocenters. The second-order valence-corrected chi connectivity index (χ2v) is 16.0. The van der Waals surface area contributed by atoms with Crippen molar-refractivity contribution in [1.29, 1.82) is 0 Å². The number of carbonyl (C=O) groups is 2. The molecule has 8 rings (SSSR count). The number of hydrogen-bond donors (Lipinski definition) is 2. The van der Waals surface area contributed by atoms with E-state index in [2.05, 4.69) is 46.6 Å². The van der Waals surface area contributed by atoms with Crippen LogP contribution in [-0.2, 0) is 9.59 Å². The van der Waals surface area contributed by atoms with Gasteiger partial charge in [0, 0.05) is 35.2 Å². The standard InChI is InChI=1S/C43H45ClN6O2/c1-26(2)27(3)41(51)50-25-43(18-19-43)23-38(50)40-46-34-17-14-30(21-35(34)47-40)11-10-29-12-15-31(16-13-29)36-24-45-39(48-36)37-9-6-20-49(37)42(52)28(4)32-7-5-8-33(44)22-32/h5,7-8,12-17,21-22,24,26-28,37-38H,6,9,18-20,23,25H2,1-4H3,(H,45,48)(H,46,47)/t27-,28+,37-,38-/m0/s1. The minimum absolute atomic E-state index is 0.00870. The van der Waals surface area contributed by atoms with E-state index in [4.69, 9.17) is 21.6 Å². The molecule has 2 N–H and O–H groups in total. The number of hydrogen-bond acceptors (Lipinski definition) is 4. The minimum atomic E-state index is -0.283. The summed E-state index contributed by atoms with van der Waals surface area (Å²) in [5.41, 5.74) is 6.75. The molecule has 2 aromatic heterocycles. The van der Waals surface area contributed by atoms with Gasteiger partial charge in [0.1, 0.15) is 11.6 Å². The summed E-state index contributed by atoms with van der Waals surface area (Å²) in [6.07, 6.45) is 7.03. The van der Waals surface area contributed by atoms with Crippen LogP contribution >= 0.6 is 11.6 Å². The predicted molar refractivity (Wildman–Crippen MR) is 204 cm³/mol. The van der Waals surface area contributed by atoms with E-state index in [0.717, 1.165) is 76.4 Å². The molecule has 1 saturated carbocycles. The van der Waals surface area contributed by atoms with Crippen molar-refractivity contribution < 1.29 is 9.59 Å². The summed E-state index contributed by atoms with van der Waals surface area (Å²) in [7, 11) is 0. The average Bonchev–Trinajstić information content (AvgIpc) is 3.64. The first-order valence-electron chi connectivity index (χ1n) is 18.6. The van der Waals surface area contributed by atoms with Gasteiger partial charge in [0.05, 0.1) is 40.9 Å². The molecule has 0 radical (unpaired) electrons. The number of halogens is 1. The third kappa shape index (κ3) is 6.63. The monoisotopic (exact) mass is 712 g/mol. The molecule has 3 aromatic carbocycles. The quantitative estimate of drug-likeness (QED) is 0.165. The smallest absolute Gasteiger partial charge is 0.230 e. The maximum atomic E-state index is 13.5. The Labute approximate surface area is 310 Å². The maximum absolute atomic E-state index is 13.5. The Kier molecular flexibility index (Phi) is 8.95. The summed E-state index contributed by atoms with van der Waals surface area (Å²) >= 11 is 6.21. The molecule has 2 saturated heterocycles. The zero-order valence-corrected chi connectivity index (χ0v) is 31.0. The van der Waals surface area contributed by atoms with Gasteiger partial charge in [0.15, 0.2) is 0 Å². The third-order valence-corrected chi connectivity index (χ3v) is 11.9. The van der Waals surface area contributed by atoms with Crippen LogP contribution in [0.15, 0.2) is 72.9 Å². The molecular weight excluding hydrogens is 668 g/mol. The van der Waals surface area contributed by atoms with E-state index in [0.29, 0.717) is 17.5 Å². The van der Waals surface area contributed by atoms with Crippen molar-refractivity contribution in [2.45, 2.75) is 77.8 Å². The van der Waals surface area contributed by atoms with Crippen LogP contribution in [0.4, 0.5) is 0 Å². The van der Waals surface area contributed by atoms with Crippen molar-refractivity contribution in [3.05, 3.63) is 106 Å². The van der Waals surface area contributed by atoms with Gasteiger partial charge in [-0.25, -0.2) is 9.97 Å². The number of carbonyl (C=O) groups excluding carboxylic acids is 2. The van der Waals surface area contributed by atoms with Crippen molar-refractivity contribution in [3.8, 4) is 23.1 Å². The summed E-state index contributed by atoms with van der Waals surface area (Å²) in [6.45, 7) is 9.78. The zero-order valence-electron chi connectivity index (χ0n) is 30.2. The van der Waals surface area contributed by atoms with Crippen molar-refractivity contribution in [3.63, 3.8) is 0 Å². The number of nitrogens with one attached hydrogen (secondary N) is 2. The molecule has 9 heteroatoms. The average molecular weight is 713 g/mol. The van der Waals surface area contributed by atoms with Gasteiger partial charge in [-0.2, -0.15) is 0 Å². The highest BCUT2D eigenvalue weighted by Gasteiger charge is 2.54. The van der Waals surface area contributed by atoms with Crippen LogP contribution in [0.3, 0.4) is 0 Å². The third-order valence-electron chi connectivity index (χ3n) is 11.7. The van der Waals surface area contributed by atoms with E-state index < -0.39 is 0 Å². The van der Waals surface area contributed by atoms with Gasteiger partial charge in [-0.3, -0.25) is 9.59 Å². The van der Waals surface area contributed by atoms with Crippen LogP contribution < -0.4 is 0 Å². The molecular formula is C43H45ClN6O2. The Balaban J connectivity index is 0.946. The molecule has 0 bridgehead atoms. The number of likely N-dealkylation sites (tertiary alicyclic amines) is 2. The highest BCUT2D eigenvalue weighted by Crippen LogP contribution is 2.58. The normalized spacial score (nSPS) is 20.3. The van der Waals surface area contributed by atoms with Gasteiger partial charge >= 0.3 is 0 Å². The number of H-pyrrole nitrogens is 2. The fourth-order valence-corrected chi connectivity index (χ4v) is 8.09. The number of nitrogens with zero attached hydrogens (tertiary/aromatic N) is 4. The lowest BCUT2D eigenvalue weighted by Gasteiger charge is -2.28. The van der Waals surface area contributed by atoms with Crippen molar-refractivity contribution in [2.24, 2.45) is 17.3 Å². The second-order valence-electron chi connectivity index (χ2n) is 15.5. The fraction of sp³-hybridized carbons (Fsp3) is 0.395. The maximum Gasteiger partial charge on any atom is 0.230 e. The van der Waals surface area contributed by atoms with Crippen LogP contribution in [0.25, 0.3) is 22.3 Å². The van der Waals surface area contributed by atoms with Crippen LogP contribution in [0.5, 0.6) is 0 Å². The molecule has 0 unspecified atom stereocenters. The van der Waals surface area contributed by atoms with Crippen molar-refractivity contribution >= 4 is 34.4 Å². The lowest BCUT2D eigenvalue weighted by molar-refractivity contribution is -0.137. The Morgan fingerprint density at radius 1 is 0.885 bits per heavy atom. The predicted octanol–water partition coefficient (Wildman–Crippen LogP) is 8.82. The molecule has 8 nitrogen and oxygen atoms in total. The van der Waals surface area contributed by atoms with Crippen LogP contribution in [-0.4, -0.2) is 54.6 Å². The topological polar surface area (TPSA) is 98.0 Å². The minimum Gasteiger partial charge on any atom is -0.340 e. The molecule has 2 amide bonds. The van der Waals surface area contributed by atoms with E-state index in [-0.39, 0.29) is 41.1 Å². The van der Waals surface area contributed by atoms with Crippen LogP contribution in [0.1, 0.15) is 106 Å². The van der Waals surface area contributed by atoms with Crippen molar-refractivity contribution in [1.82, 2.24) is 29.7 Å². The Bertz CT molecular complexity index is 2200. The first-order valence-corrected chi connectivity index (χ1v) is 19.0. The zero-order chi connectivity index (χ0) is 36.1. The van der Waals surface area contributed by atoms with Gasteiger partial charge in [-0.05, 0) is 104 Å². The molecule has 3 fully saturated rings. The van der Waals surface area contributed by atoms with E-state index in [1.807, 2.05) is 85.6 Å². The SMILES string of the molecule is CC(C)[C@H](C)C(=O)N1CC2(CC2)C[C@H]1c1nc2ccc(C#Cc3ccc(-c4cnc([C@@H]5CCCN5C(=O)[C@H](C)c5cccc(Cl)c5)[nH]4)cc3)cc2[nH]1. The largest absolute Gasteiger partial charge is 0.340 e. The first-order chi connectivity index (χ1) is 25.1. The Hall–Kier alpha value is -4.87. The van der Waals surface area contributed by atoms with Gasteiger partial charge < -0.3 is 19.8 Å². The summed E-state index contributed by atoms with van der Waals surface area (Å²) in [5.74, 6) is 8.66. The fourth-order valence-electron chi connectivity index (χ4n) is 7.90. The molecule has 2 aliphatic heterocycles. The molecule has 52 heavy (non-hydrogen) atoms. The van der Waals surface area contributed by atoms with E-state index in [9.17, 15) is 9.59 Å². The lowest BCUT2D eigenvalue weighted by atomic mass is 9.96. The van der Waals surface area contributed by atoms with E-state index in [1.165, 1.54) is 12.8 Å². The second kappa shape index (κ2) is 13.6. The summed E-state index contributed by atoms with van der Waals surface area (Å²) in [6, 6.07) is 21.7. The number of fused-ring (bicyclic) bond motifs is 1. The molecule has 1 spiro atoms. The molecule has 4 heterocycles. The summed E-state index contributed by atoms with van der Waals surface area (Å²) in [5, 5.41) is 0.636. The number of rotatable bonds is 7. The van der Waals surface area contributed by atoms with Gasteiger partial charge in [-0.15, -0.1) is 0 Å².